The van der Waals surface area contributed by atoms with E-state index in [2.05, 4.69) is 5.32 Å². The summed E-state index contributed by atoms with van der Waals surface area (Å²) < 4.78 is 5.21. The summed E-state index contributed by atoms with van der Waals surface area (Å²) in [4.78, 5) is 40.3. The summed E-state index contributed by atoms with van der Waals surface area (Å²) in [6.45, 7) is 1.94. The normalized spacial score (nSPS) is 26.8. The molecule has 0 aromatic carbocycles. The molecular formula is C17H27N3O4. The van der Waals surface area contributed by atoms with E-state index in [0.29, 0.717) is 31.8 Å². The lowest BCUT2D eigenvalue weighted by atomic mass is 9.98. The molecule has 24 heavy (non-hydrogen) atoms. The minimum atomic E-state index is -0.736. The number of urea groups is 1. The second kappa shape index (κ2) is 7.09. The standard InChI is InChI=1S/C17H27N3O4/c1-24-12-13-5-4-9-19(10-6-13)14(21)11-20-15(22)17(18-16(20)23)7-2-3-8-17/h13H,2-12H2,1H3,(H,18,23). The number of amides is 4. The van der Waals surface area contributed by atoms with E-state index in [-0.39, 0.29) is 18.4 Å². The van der Waals surface area contributed by atoms with E-state index in [1.165, 1.54) is 0 Å². The molecular weight excluding hydrogens is 310 g/mol. The van der Waals surface area contributed by atoms with Crippen molar-refractivity contribution in [2.24, 2.45) is 5.92 Å². The van der Waals surface area contributed by atoms with Crippen LogP contribution in [0.15, 0.2) is 0 Å². The fourth-order valence-electron chi connectivity index (χ4n) is 4.19. The van der Waals surface area contributed by atoms with Crippen LogP contribution in [0.2, 0.25) is 0 Å². The van der Waals surface area contributed by atoms with E-state index in [0.717, 1.165) is 43.6 Å². The van der Waals surface area contributed by atoms with Crippen LogP contribution >= 0.6 is 0 Å². The fourth-order valence-corrected chi connectivity index (χ4v) is 4.19. The highest BCUT2D eigenvalue weighted by Crippen LogP contribution is 2.35. The van der Waals surface area contributed by atoms with Gasteiger partial charge in [0.2, 0.25) is 5.91 Å². The maximum Gasteiger partial charge on any atom is 0.325 e. The summed E-state index contributed by atoms with van der Waals surface area (Å²) >= 11 is 0. The Hall–Kier alpha value is -1.63. The predicted molar refractivity (Wildman–Crippen MR) is 87.2 cm³/mol. The van der Waals surface area contributed by atoms with E-state index >= 15 is 0 Å². The molecule has 1 unspecified atom stereocenters. The van der Waals surface area contributed by atoms with Crippen molar-refractivity contribution in [1.29, 1.82) is 0 Å². The van der Waals surface area contributed by atoms with Gasteiger partial charge in [0.15, 0.2) is 0 Å². The highest BCUT2D eigenvalue weighted by molar-refractivity contribution is 6.09. The molecule has 1 N–H and O–H groups in total. The summed E-state index contributed by atoms with van der Waals surface area (Å²) in [5.41, 5.74) is -0.736. The molecule has 0 aromatic rings. The van der Waals surface area contributed by atoms with Crippen LogP contribution in [0.4, 0.5) is 4.79 Å². The number of nitrogens with one attached hydrogen (secondary N) is 1. The number of ether oxygens (including phenoxy) is 1. The molecule has 0 aromatic heterocycles. The summed E-state index contributed by atoms with van der Waals surface area (Å²) in [5.74, 6) is 0.128. The van der Waals surface area contributed by atoms with Crippen molar-refractivity contribution in [3.05, 3.63) is 0 Å². The Morgan fingerprint density at radius 2 is 1.96 bits per heavy atom. The quantitative estimate of drug-likeness (QED) is 0.780. The van der Waals surface area contributed by atoms with Crippen LogP contribution < -0.4 is 5.32 Å². The first kappa shape index (κ1) is 17.2. The first-order valence-corrected chi connectivity index (χ1v) is 8.96. The van der Waals surface area contributed by atoms with Gasteiger partial charge in [-0.25, -0.2) is 4.79 Å². The van der Waals surface area contributed by atoms with Crippen molar-refractivity contribution in [1.82, 2.24) is 15.1 Å². The van der Waals surface area contributed by atoms with Crippen molar-refractivity contribution < 1.29 is 19.1 Å². The molecule has 3 rings (SSSR count). The van der Waals surface area contributed by atoms with Gasteiger partial charge in [-0.3, -0.25) is 14.5 Å². The van der Waals surface area contributed by atoms with E-state index < -0.39 is 11.6 Å². The molecule has 2 aliphatic heterocycles. The summed E-state index contributed by atoms with van der Waals surface area (Å²) in [6.07, 6.45) is 6.15. The van der Waals surface area contributed by atoms with Crippen LogP contribution in [0.5, 0.6) is 0 Å². The maximum atomic E-state index is 12.6. The monoisotopic (exact) mass is 337 g/mol. The second-order valence-corrected chi connectivity index (χ2v) is 7.24. The third-order valence-electron chi connectivity index (χ3n) is 5.60. The van der Waals surface area contributed by atoms with E-state index in [9.17, 15) is 14.4 Å². The molecule has 0 bridgehead atoms. The SMILES string of the molecule is COCC1CCCN(C(=O)CN2C(=O)NC3(CCCC3)C2=O)CC1. The molecule has 4 amide bonds. The molecule has 1 atom stereocenters. The minimum Gasteiger partial charge on any atom is -0.384 e. The zero-order valence-electron chi connectivity index (χ0n) is 14.4. The summed E-state index contributed by atoms with van der Waals surface area (Å²) in [7, 11) is 1.70. The second-order valence-electron chi connectivity index (χ2n) is 7.24. The van der Waals surface area contributed by atoms with Crippen molar-refractivity contribution in [3.63, 3.8) is 0 Å². The van der Waals surface area contributed by atoms with Crippen molar-refractivity contribution in [2.75, 3.05) is 33.4 Å². The Labute approximate surface area is 142 Å². The molecule has 3 aliphatic rings. The Morgan fingerprint density at radius 1 is 1.21 bits per heavy atom. The van der Waals surface area contributed by atoms with Crippen LogP contribution in [-0.2, 0) is 14.3 Å². The van der Waals surface area contributed by atoms with Gasteiger partial charge in [0, 0.05) is 26.8 Å². The highest BCUT2D eigenvalue weighted by Gasteiger charge is 2.52. The van der Waals surface area contributed by atoms with Crippen molar-refractivity contribution >= 4 is 17.8 Å². The third kappa shape index (κ3) is 3.27. The average Bonchev–Trinajstić information content (AvgIpc) is 3.01. The molecule has 0 radical (unpaired) electrons. The summed E-state index contributed by atoms with van der Waals surface area (Å²) in [6, 6.07) is -0.415. The molecule has 2 heterocycles. The fraction of sp³-hybridized carbons (Fsp3) is 0.824. The van der Waals surface area contributed by atoms with Crippen LogP contribution in [0.3, 0.4) is 0 Å². The number of carbonyl (C=O) groups excluding carboxylic acids is 3. The molecule has 7 heteroatoms. The molecule has 1 aliphatic carbocycles. The number of imide groups is 1. The first-order chi connectivity index (χ1) is 11.6. The number of hydrogen-bond donors (Lipinski definition) is 1. The number of nitrogens with zero attached hydrogens (tertiary/aromatic N) is 2. The largest absolute Gasteiger partial charge is 0.384 e. The number of rotatable bonds is 4. The lowest BCUT2D eigenvalue weighted by molar-refractivity contribution is -0.138. The van der Waals surface area contributed by atoms with Crippen molar-refractivity contribution in [2.45, 2.75) is 50.5 Å². The van der Waals surface area contributed by atoms with Crippen LogP contribution in [-0.4, -0.2) is 66.5 Å². The zero-order valence-corrected chi connectivity index (χ0v) is 14.4. The van der Waals surface area contributed by atoms with E-state index in [1.807, 2.05) is 0 Å². The molecule has 7 nitrogen and oxygen atoms in total. The smallest absolute Gasteiger partial charge is 0.325 e. The van der Waals surface area contributed by atoms with Crippen LogP contribution in [0.25, 0.3) is 0 Å². The summed E-state index contributed by atoms with van der Waals surface area (Å²) in [5, 5.41) is 2.82. The van der Waals surface area contributed by atoms with Gasteiger partial charge in [0.25, 0.3) is 5.91 Å². The number of likely N-dealkylation sites (tertiary alicyclic amines) is 1. The molecule has 134 valence electrons. The molecule has 1 saturated carbocycles. The highest BCUT2D eigenvalue weighted by atomic mass is 16.5. The van der Waals surface area contributed by atoms with Crippen LogP contribution in [0, 0.1) is 5.92 Å². The van der Waals surface area contributed by atoms with E-state index in [1.54, 1.807) is 12.0 Å². The number of carbonyl (C=O) groups is 3. The van der Waals surface area contributed by atoms with Gasteiger partial charge in [-0.1, -0.05) is 12.8 Å². The molecule has 2 saturated heterocycles. The van der Waals surface area contributed by atoms with Gasteiger partial charge in [-0.15, -0.1) is 0 Å². The van der Waals surface area contributed by atoms with Gasteiger partial charge in [-0.05, 0) is 38.0 Å². The predicted octanol–water partition coefficient (Wildman–Crippen LogP) is 1.13. The number of methoxy groups -OCH3 is 1. The lowest BCUT2D eigenvalue weighted by Crippen LogP contribution is -2.46. The Bertz CT molecular complexity index is 516. The lowest BCUT2D eigenvalue weighted by Gasteiger charge is -2.24. The van der Waals surface area contributed by atoms with Gasteiger partial charge in [0.1, 0.15) is 12.1 Å². The third-order valence-corrected chi connectivity index (χ3v) is 5.60. The molecule has 3 fully saturated rings. The van der Waals surface area contributed by atoms with Gasteiger partial charge >= 0.3 is 6.03 Å². The minimum absolute atomic E-state index is 0.133. The van der Waals surface area contributed by atoms with Gasteiger partial charge in [-0.2, -0.15) is 0 Å². The Kier molecular flexibility index (Phi) is 5.08. The first-order valence-electron chi connectivity index (χ1n) is 8.96. The Balaban J connectivity index is 1.58. The maximum absolute atomic E-state index is 12.6. The Morgan fingerprint density at radius 3 is 2.67 bits per heavy atom. The zero-order chi connectivity index (χ0) is 17.2. The van der Waals surface area contributed by atoms with Gasteiger partial charge in [0.05, 0.1) is 0 Å². The molecule has 1 spiro atoms. The average molecular weight is 337 g/mol. The van der Waals surface area contributed by atoms with Crippen molar-refractivity contribution in [3.8, 4) is 0 Å². The van der Waals surface area contributed by atoms with Gasteiger partial charge < -0.3 is 15.0 Å². The van der Waals surface area contributed by atoms with E-state index in [4.69, 9.17) is 4.74 Å². The van der Waals surface area contributed by atoms with Crippen LogP contribution in [0.1, 0.15) is 44.9 Å². The topological polar surface area (TPSA) is 79.0 Å². The number of hydrogen-bond acceptors (Lipinski definition) is 4.